The second-order valence-corrected chi connectivity index (χ2v) is 7.78. The lowest BCUT2D eigenvalue weighted by Crippen LogP contribution is -2.49. The Balaban J connectivity index is 1.42. The van der Waals surface area contributed by atoms with Crippen LogP contribution in [0.5, 0.6) is 0 Å². The standard InChI is InChI=1S/C23H33N5/c1-18-7-6-8-20(15-18)19(2)16-26-23(24-3)27-21-10-13-28(14-11-21)17-22-9-4-5-12-25-22/h4-9,12,15,19,21H,10-11,13-14,16-17H2,1-3H3,(H2,24,26,27). The van der Waals surface area contributed by atoms with Crippen LogP contribution in [0, 0.1) is 6.92 Å². The van der Waals surface area contributed by atoms with Crippen LogP contribution >= 0.6 is 0 Å². The van der Waals surface area contributed by atoms with Gasteiger partial charge in [-0.1, -0.05) is 42.8 Å². The highest BCUT2D eigenvalue weighted by atomic mass is 15.2. The zero-order valence-electron chi connectivity index (χ0n) is 17.4. The maximum atomic E-state index is 4.44. The van der Waals surface area contributed by atoms with E-state index in [0.717, 1.165) is 50.7 Å². The molecule has 1 aliphatic rings. The summed E-state index contributed by atoms with van der Waals surface area (Å²) in [6.45, 7) is 8.39. The van der Waals surface area contributed by atoms with Gasteiger partial charge in [0.05, 0.1) is 5.69 Å². The first-order valence-corrected chi connectivity index (χ1v) is 10.3. The first-order valence-electron chi connectivity index (χ1n) is 10.3. The van der Waals surface area contributed by atoms with Gasteiger partial charge < -0.3 is 10.6 Å². The summed E-state index contributed by atoms with van der Waals surface area (Å²) in [4.78, 5) is 11.3. The minimum atomic E-state index is 0.443. The fourth-order valence-corrected chi connectivity index (χ4v) is 3.69. The van der Waals surface area contributed by atoms with Gasteiger partial charge >= 0.3 is 0 Å². The SMILES string of the molecule is CN=C(NCC(C)c1cccc(C)c1)NC1CCN(Cc2ccccn2)CC1. The lowest BCUT2D eigenvalue weighted by Gasteiger charge is -2.33. The van der Waals surface area contributed by atoms with Crippen LogP contribution in [0.4, 0.5) is 0 Å². The highest BCUT2D eigenvalue weighted by Crippen LogP contribution is 2.16. The van der Waals surface area contributed by atoms with Gasteiger partial charge in [-0.25, -0.2) is 0 Å². The summed E-state index contributed by atoms with van der Waals surface area (Å²) in [5, 5.41) is 7.11. The minimum Gasteiger partial charge on any atom is -0.356 e. The molecule has 0 spiro atoms. The van der Waals surface area contributed by atoms with Gasteiger partial charge in [0.25, 0.3) is 0 Å². The Morgan fingerprint density at radius 1 is 1.21 bits per heavy atom. The van der Waals surface area contributed by atoms with Crippen molar-refractivity contribution < 1.29 is 0 Å². The molecule has 1 aromatic carbocycles. The van der Waals surface area contributed by atoms with E-state index in [4.69, 9.17) is 0 Å². The first kappa shape index (κ1) is 20.3. The second-order valence-electron chi connectivity index (χ2n) is 7.78. The predicted octanol–water partition coefficient (Wildman–Crippen LogP) is 3.32. The van der Waals surface area contributed by atoms with E-state index in [2.05, 4.69) is 75.8 Å². The fraction of sp³-hybridized carbons (Fsp3) is 0.478. The van der Waals surface area contributed by atoms with Crippen molar-refractivity contribution in [3.05, 3.63) is 65.5 Å². The molecule has 1 fully saturated rings. The predicted molar refractivity (Wildman–Crippen MR) is 117 cm³/mol. The number of hydrogen-bond acceptors (Lipinski definition) is 3. The Bertz CT molecular complexity index is 751. The Kier molecular flexibility index (Phi) is 7.43. The maximum Gasteiger partial charge on any atom is 0.191 e. The number of piperidine rings is 1. The molecule has 1 aromatic heterocycles. The number of nitrogens with zero attached hydrogens (tertiary/aromatic N) is 3. The Morgan fingerprint density at radius 2 is 2.04 bits per heavy atom. The smallest absolute Gasteiger partial charge is 0.191 e. The summed E-state index contributed by atoms with van der Waals surface area (Å²) in [7, 11) is 1.85. The van der Waals surface area contributed by atoms with E-state index < -0.39 is 0 Å². The molecule has 0 aliphatic carbocycles. The van der Waals surface area contributed by atoms with Crippen LogP contribution in [-0.2, 0) is 6.54 Å². The second kappa shape index (κ2) is 10.2. The molecule has 0 radical (unpaired) electrons. The average molecular weight is 380 g/mol. The van der Waals surface area contributed by atoms with Crippen LogP contribution in [-0.4, -0.2) is 48.6 Å². The number of aliphatic imine (C=N–C) groups is 1. The van der Waals surface area contributed by atoms with Crippen LogP contribution in [0.2, 0.25) is 0 Å². The summed E-state index contributed by atoms with van der Waals surface area (Å²) in [5.74, 6) is 1.35. The van der Waals surface area contributed by atoms with Crippen LogP contribution in [0.1, 0.15) is 42.5 Å². The number of benzene rings is 1. The number of aryl methyl sites for hydroxylation is 1. The van der Waals surface area contributed by atoms with Gasteiger partial charge in [-0.3, -0.25) is 14.9 Å². The molecule has 0 amide bonds. The van der Waals surface area contributed by atoms with Crippen molar-refractivity contribution in [3.63, 3.8) is 0 Å². The average Bonchev–Trinajstić information content (AvgIpc) is 2.73. The molecular weight excluding hydrogens is 346 g/mol. The first-order chi connectivity index (χ1) is 13.6. The third kappa shape index (κ3) is 6.06. The summed E-state index contributed by atoms with van der Waals surface area (Å²) >= 11 is 0. The maximum absolute atomic E-state index is 4.44. The molecule has 5 heteroatoms. The minimum absolute atomic E-state index is 0.443. The molecule has 2 heterocycles. The van der Waals surface area contributed by atoms with Gasteiger partial charge in [0.1, 0.15) is 0 Å². The van der Waals surface area contributed by atoms with Crippen molar-refractivity contribution in [1.29, 1.82) is 0 Å². The number of aromatic nitrogens is 1. The van der Waals surface area contributed by atoms with E-state index in [1.54, 1.807) is 0 Å². The van der Waals surface area contributed by atoms with E-state index in [0.29, 0.717) is 12.0 Å². The highest BCUT2D eigenvalue weighted by molar-refractivity contribution is 5.80. The summed E-state index contributed by atoms with van der Waals surface area (Å²) in [6, 6.07) is 15.3. The molecule has 2 aromatic rings. The molecule has 28 heavy (non-hydrogen) atoms. The largest absolute Gasteiger partial charge is 0.356 e. The number of hydrogen-bond donors (Lipinski definition) is 2. The lowest BCUT2D eigenvalue weighted by atomic mass is 9.99. The zero-order chi connectivity index (χ0) is 19.8. The van der Waals surface area contributed by atoms with E-state index in [1.807, 2.05) is 19.3 Å². The molecule has 0 bridgehead atoms. The molecule has 1 saturated heterocycles. The Morgan fingerprint density at radius 3 is 2.71 bits per heavy atom. The molecule has 3 rings (SSSR count). The van der Waals surface area contributed by atoms with E-state index in [9.17, 15) is 0 Å². The summed E-state index contributed by atoms with van der Waals surface area (Å²) in [5.41, 5.74) is 3.83. The number of rotatable bonds is 6. The number of likely N-dealkylation sites (tertiary alicyclic amines) is 1. The van der Waals surface area contributed by atoms with Crippen LogP contribution in [0.3, 0.4) is 0 Å². The van der Waals surface area contributed by atoms with Gasteiger partial charge in [0, 0.05) is 45.5 Å². The topological polar surface area (TPSA) is 52.6 Å². The third-order valence-corrected chi connectivity index (χ3v) is 5.45. The van der Waals surface area contributed by atoms with E-state index in [1.165, 1.54) is 11.1 Å². The third-order valence-electron chi connectivity index (χ3n) is 5.45. The molecule has 0 saturated carbocycles. The molecule has 2 N–H and O–H groups in total. The monoisotopic (exact) mass is 379 g/mol. The quantitative estimate of drug-likeness (QED) is 0.597. The zero-order valence-corrected chi connectivity index (χ0v) is 17.4. The fourth-order valence-electron chi connectivity index (χ4n) is 3.69. The Labute approximate surface area is 169 Å². The van der Waals surface area contributed by atoms with Crippen molar-refractivity contribution in [2.45, 2.75) is 45.2 Å². The molecule has 150 valence electrons. The highest BCUT2D eigenvalue weighted by Gasteiger charge is 2.20. The number of guanidine groups is 1. The van der Waals surface area contributed by atoms with Gasteiger partial charge in [-0.2, -0.15) is 0 Å². The molecule has 1 aliphatic heterocycles. The Hall–Kier alpha value is -2.40. The van der Waals surface area contributed by atoms with Crippen LogP contribution in [0.25, 0.3) is 0 Å². The number of pyridine rings is 1. The van der Waals surface area contributed by atoms with Crippen molar-refractivity contribution in [2.75, 3.05) is 26.7 Å². The van der Waals surface area contributed by atoms with Gasteiger partial charge in [-0.05, 0) is 43.4 Å². The van der Waals surface area contributed by atoms with Crippen molar-refractivity contribution in [1.82, 2.24) is 20.5 Å². The van der Waals surface area contributed by atoms with Crippen LogP contribution in [0.15, 0.2) is 53.7 Å². The van der Waals surface area contributed by atoms with Gasteiger partial charge in [-0.15, -0.1) is 0 Å². The summed E-state index contributed by atoms with van der Waals surface area (Å²) < 4.78 is 0. The molecule has 5 nitrogen and oxygen atoms in total. The van der Waals surface area contributed by atoms with Crippen molar-refractivity contribution in [3.8, 4) is 0 Å². The van der Waals surface area contributed by atoms with Gasteiger partial charge in [0.2, 0.25) is 0 Å². The summed E-state index contributed by atoms with van der Waals surface area (Å²) in [6.07, 6.45) is 4.12. The van der Waals surface area contributed by atoms with E-state index >= 15 is 0 Å². The molecule has 1 atom stereocenters. The van der Waals surface area contributed by atoms with E-state index in [-0.39, 0.29) is 0 Å². The van der Waals surface area contributed by atoms with Crippen molar-refractivity contribution >= 4 is 5.96 Å². The molecule has 1 unspecified atom stereocenters. The lowest BCUT2D eigenvalue weighted by molar-refractivity contribution is 0.196. The van der Waals surface area contributed by atoms with Gasteiger partial charge in [0.15, 0.2) is 5.96 Å². The number of nitrogens with one attached hydrogen (secondary N) is 2. The van der Waals surface area contributed by atoms with Crippen LogP contribution < -0.4 is 10.6 Å². The molecular formula is C23H33N5. The van der Waals surface area contributed by atoms with Crippen molar-refractivity contribution in [2.24, 2.45) is 4.99 Å². The normalized spacial score (nSPS) is 17.3.